The molecule has 130 valence electrons. The number of thiazole rings is 1. The summed E-state index contributed by atoms with van der Waals surface area (Å²) in [6, 6.07) is 7.44. The molecule has 1 aromatic carbocycles. The van der Waals surface area contributed by atoms with Gasteiger partial charge in [0.25, 0.3) is 0 Å². The van der Waals surface area contributed by atoms with Crippen molar-refractivity contribution < 1.29 is 13.2 Å². The van der Waals surface area contributed by atoms with Crippen molar-refractivity contribution in [2.75, 3.05) is 30.9 Å². The number of nitrogens with one attached hydrogen (secondary N) is 1. The first-order valence-electron chi connectivity index (χ1n) is 7.83. The van der Waals surface area contributed by atoms with Crippen molar-refractivity contribution in [2.24, 2.45) is 0 Å². The summed E-state index contributed by atoms with van der Waals surface area (Å²) in [5.74, 6) is 0.862. The standard InChI is InChI=1S/C16H21N3O3S2/c1-22-15-4-2-13(3-5-15)7-11-24(20,21)18-14-6-9-19(12-14)16-17-8-10-23-16/h2-5,8,10,14,18H,6-7,9,11-12H2,1H3. The maximum atomic E-state index is 12.3. The number of anilines is 1. The van der Waals surface area contributed by atoms with Gasteiger partial charge in [-0.05, 0) is 30.5 Å². The number of methoxy groups -OCH3 is 1. The summed E-state index contributed by atoms with van der Waals surface area (Å²) in [4.78, 5) is 6.40. The first kappa shape index (κ1) is 17.2. The van der Waals surface area contributed by atoms with Crippen molar-refractivity contribution in [3.05, 3.63) is 41.4 Å². The number of aromatic nitrogens is 1. The van der Waals surface area contributed by atoms with Crippen molar-refractivity contribution in [3.8, 4) is 5.75 Å². The van der Waals surface area contributed by atoms with Crippen molar-refractivity contribution in [2.45, 2.75) is 18.9 Å². The molecule has 3 rings (SSSR count). The van der Waals surface area contributed by atoms with E-state index in [-0.39, 0.29) is 11.8 Å². The van der Waals surface area contributed by atoms with Crippen molar-refractivity contribution in [1.82, 2.24) is 9.71 Å². The number of aryl methyl sites for hydroxylation is 1. The van der Waals surface area contributed by atoms with Gasteiger partial charge in [-0.25, -0.2) is 18.1 Å². The topological polar surface area (TPSA) is 71.5 Å². The molecule has 1 saturated heterocycles. The fourth-order valence-corrected chi connectivity index (χ4v) is 4.76. The van der Waals surface area contributed by atoms with Gasteiger partial charge in [0.2, 0.25) is 10.0 Å². The van der Waals surface area contributed by atoms with Gasteiger partial charge in [0, 0.05) is 30.7 Å². The minimum Gasteiger partial charge on any atom is -0.497 e. The summed E-state index contributed by atoms with van der Waals surface area (Å²) in [6.07, 6.45) is 3.07. The highest BCUT2D eigenvalue weighted by Gasteiger charge is 2.27. The van der Waals surface area contributed by atoms with E-state index < -0.39 is 10.0 Å². The Balaban J connectivity index is 1.50. The zero-order valence-corrected chi connectivity index (χ0v) is 15.1. The maximum absolute atomic E-state index is 12.3. The van der Waals surface area contributed by atoms with Crippen molar-refractivity contribution >= 4 is 26.5 Å². The van der Waals surface area contributed by atoms with E-state index in [4.69, 9.17) is 4.74 Å². The SMILES string of the molecule is COc1ccc(CCS(=O)(=O)NC2CCN(c3nccs3)C2)cc1. The van der Waals surface area contributed by atoms with Gasteiger partial charge in [-0.1, -0.05) is 12.1 Å². The van der Waals surface area contributed by atoms with Crippen LogP contribution in [0.5, 0.6) is 5.75 Å². The summed E-state index contributed by atoms with van der Waals surface area (Å²) >= 11 is 1.58. The average Bonchev–Trinajstić information content (AvgIpc) is 3.24. The third kappa shape index (κ3) is 4.46. The predicted octanol–water partition coefficient (Wildman–Crippen LogP) is 1.89. The zero-order chi connectivity index (χ0) is 17.0. The van der Waals surface area contributed by atoms with Gasteiger partial charge in [0.15, 0.2) is 5.13 Å². The van der Waals surface area contributed by atoms with Gasteiger partial charge in [-0.15, -0.1) is 11.3 Å². The van der Waals surface area contributed by atoms with Gasteiger partial charge in [-0.3, -0.25) is 0 Å². The highest BCUT2D eigenvalue weighted by atomic mass is 32.2. The van der Waals surface area contributed by atoms with Crippen LogP contribution in [0.4, 0.5) is 5.13 Å². The quantitative estimate of drug-likeness (QED) is 0.809. The van der Waals surface area contributed by atoms with E-state index in [9.17, 15) is 8.42 Å². The molecule has 1 aliphatic rings. The Kier molecular flexibility index (Phi) is 5.37. The smallest absolute Gasteiger partial charge is 0.212 e. The molecule has 1 atom stereocenters. The fraction of sp³-hybridized carbons (Fsp3) is 0.438. The molecule has 0 saturated carbocycles. The monoisotopic (exact) mass is 367 g/mol. The van der Waals surface area contributed by atoms with Crippen molar-refractivity contribution in [3.63, 3.8) is 0 Å². The van der Waals surface area contributed by atoms with E-state index in [1.54, 1.807) is 24.6 Å². The second-order valence-corrected chi connectivity index (χ2v) is 8.53. The molecule has 6 nitrogen and oxygen atoms in total. The van der Waals surface area contributed by atoms with E-state index in [0.29, 0.717) is 13.0 Å². The molecular formula is C16H21N3O3S2. The first-order valence-corrected chi connectivity index (χ1v) is 10.4. The second-order valence-electron chi connectivity index (χ2n) is 5.78. The number of benzene rings is 1. The Morgan fingerprint density at radius 3 is 2.83 bits per heavy atom. The lowest BCUT2D eigenvalue weighted by molar-refractivity contribution is 0.414. The largest absolute Gasteiger partial charge is 0.497 e. The Labute approximate surface area is 146 Å². The van der Waals surface area contributed by atoms with Gasteiger partial charge in [0.05, 0.1) is 12.9 Å². The van der Waals surface area contributed by atoms with E-state index in [2.05, 4.69) is 14.6 Å². The van der Waals surface area contributed by atoms with Crippen LogP contribution >= 0.6 is 11.3 Å². The van der Waals surface area contributed by atoms with Crippen LogP contribution in [0.2, 0.25) is 0 Å². The van der Waals surface area contributed by atoms with Crippen LogP contribution in [0, 0.1) is 0 Å². The van der Waals surface area contributed by atoms with E-state index in [1.807, 2.05) is 29.6 Å². The van der Waals surface area contributed by atoms with Crippen LogP contribution in [0.15, 0.2) is 35.8 Å². The minimum atomic E-state index is -3.30. The summed E-state index contributed by atoms with van der Waals surface area (Å²) in [7, 11) is -1.68. The molecule has 1 aliphatic heterocycles. The first-order chi connectivity index (χ1) is 11.6. The summed E-state index contributed by atoms with van der Waals surface area (Å²) in [6.45, 7) is 1.51. The molecule has 0 amide bonds. The van der Waals surface area contributed by atoms with Crippen LogP contribution in [-0.4, -0.2) is 45.4 Å². The number of sulfonamides is 1. The van der Waals surface area contributed by atoms with Gasteiger partial charge in [0.1, 0.15) is 5.75 Å². The lowest BCUT2D eigenvalue weighted by Crippen LogP contribution is -2.38. The van der Waals surface area contributed by atoms with Crippen LogP contribution in [0.25, 0.3) is 0 Å². The normalized spacial score (nSPS) is 18.0. The van der Waals surface area contributed by atoms with Gasteiger partial charge < -0.3 is 9.64 Å². The lowest BCUT2D eigenvalue weighted by atomic mass is 10.2. The van der Waals surface area contributed by atoms with Crippen LogP contribution in [-0.2, 0) is 16.4 Å². The van der Waals surface area contributed by atoms with E-state index in [0.717, 1.165) is 29.4 Å². The zero-order valence-electron chi connectivity index (χ0n) is 13.5. The van der Waals surface area contributed by atoms with Gasteiger partial charge >= 0.3 is 0 Å². The Bertz CT molecular complexity index is 745. The molecule has 1 aromatic heterocycles. The van der Waals surface area contributed by atoms with Crippen LogP contribution in [0.1, 0.15) is 12.0 Å². The summed E-state index contributed by atoms with van der Waals surface area (Å²) in [5, 5.41) is 2.89. The summed E-state index contributed by atoms with van der Waals surface area (Å²) < 4.78 is 32.5. The number of rotatable bonds is 7. The number of hydrogen-bond acceptors (Lipinski definition) is 6. The average molecular weight is 367 g/mol. The summed E-state index contributed by atoms with van der Waals surface area (Å²) in [5.41, 5.74) is 0.983. The van der Waals surface area contributed by atoms with E-state index >= 15 is 0 Å². The minimum absolute atomic E-state index is 0.0465. The predicted molar refractivity (Wildman–Crippen MR) is 96.4 cm³/mol. The molecule has 1 unspecified atom stereocenters. The maximum Gasteiger partial charge on any atom is 0.212 e. The Hall–Kier alpha value is -1.64. The molecule has 1 fully saturated rings. The molecular weight excluding hydrogens is 346 g/mol. The molecule has 1 N–H and O–H groups in total. The second kappa shape index (κ2) is 7.50. The number of hydrogen-bond donors (Lipinski definition) is 1. The third-order valence-electron chi connectivity index (χ3n) is 4.04. The molecule has 8 heteroatoms. The lowest BCUT2D eigenvalue weighted by Gasteiger charge is -2.16. The molecule has 2 heterocycles. The highest BCUT2D eigenvalue weighted by molar-refractivity contribution is 7.89. The molecule has 0 aliphatic carbocycles. The van der Waals surface area contributed by atoms with Crippen molar-refractivity contribution in [1.29, 1.82) is 0 Å². The number of ether oxygens (including phenoxy) is 1. The molecule has 0 bridgehead atoms. The molecule has 2 aromatic rings. The van der Waals surface area contributed by atoms with Gasteiger partial charge in [-0.2, -0.15) is 0 Å². The highest BCUT2D eigenvalue weighted by Crippen LogP contribution is 2.22. The van der Waals surface area contributed by atoms with Crippen LogP contribution in [0.3, 0.4) is 0 Å². The number of nitrogens with zero attached hydrogens (tertiary/aromatic N) is 2. The Morgan fingerprint density at radius 2 is 2.17 bits per heavy atom. The Morgan fingerprint density at radius 1 is 1.38 bits per heavy atom. The fourth-order valence-electron chi connectivity index (χ4n) is 2.76. The van der Waals surface area contributed by atoms with E-state index in [1.165, 1.54) is 0 Å². The molecule has 0 spiro atoms. The molecule has 24 heavy (non-hydrogen) atoms. The third-order valence-corrected chi connectivity index (χ3v) is 6.31. The molecule has 0 radical (unpaired) electrons. The van der Waals surface area contributed by atoms with Crippen LogP contribution < -0.4 is 14.4 Å².